The normalized spacial score (nSPS) is 10.0. The molecule has 0 atom stereocenters. The Bertz CT molecular complexity index is 248. The Morgan fingerprint density at radius 3 is 2.92 bits per heavy atom. The largest absolute Gasteiger partial charge is 0.468 e. The van der Waals surface area contributed by atoms with E-state index in [0.29, 0.717) is 6.61 Å². The molecule has 0 saturated carbocycles. The van der Waals surface area contributed by atoms with Crippen LogP contribution in [-0.2, 0) is 11.3 Å². The third kappa shape index (κ3) is 3.44. The van der Waals surface area contributed by atoms with Gasteiger partial charge in [0.05, 0.1) is 6.61 Å². The zero-order chi connectivity index (χ0) is 9.52. The molecule has 0 heterocycles. The van der Waals surface area contributed by atoms with Crippen LogP contribution < -0.4 is 4.74 Å². The highest BCUT2D eigenvalue weighted by Crippen LogP contribution is 2.12. The molecule has 13 heavy (non-hydrogen) atoms. The zero-order valence-corrected chi connectivity index (χ0v) is 7.69. The average molecular weight is 182 g/mol. The Labute approximate surface area is 77.9 Å². The Balaban J connectivity index is 2.46. The summed E-state index contributed by atoms with van der Waals surface area (Å²) in [5.74, 6) is 0.722. The number of benzene rings is 1. The summed E-state index contributed by atoms with van der Waals surface area (Å²) in [6, 6.07) is 7.30. The Kier molecular flexibility index (Phi) is 4.29. The van der Waals surface area contributed by atoms with Gasteiger partial charge in [-0.15, -0.1) is 0 Å². The molecule has 0 fully saturated rings. The summed E-state index contributed by atoms with van der Waals surface area (Å²) in [4.78, 5) is 0. The quantitative estimate of drug-likeness (QED) is 0.554. The van der Waals surface area contributed by atoms with Crippen molar-refractivity contribution in [1.82, 2.24) is 0 Å². The summed E-state index contributed by atoms with van der Waals surface area (Å²) in [6.45, 7) is 2.84. The van der Waals surface area contributed by atoms with E-state index in [9.17, 15) is 0 Å². The maximum atomic E-state index is 8.85. The molecule has 0 aliphatic carbocycles. The molecule has 3 nitrogen and oxygen atoms in total. The number of hydrogen-bond donors (Lipinski definition) is 1. The maximum absolute atomic E-state index is 8.85. The summed E-state index contributed by atoms with van der Waals surface area (Å²) in [5, 5.41) is 8.85. The van der Waals surface area contributed by atoms with Gasteiger partial charge in [0.25, 0.3) is 0 Å². The molecule has 0 aromatic heterocycles. The minimum absolute atomic E-state index is 0.0336. The average Bonchev–Trinajstić information content (AvgIpc) is 2.19. The molecule has 0 amide bonds. The van der Waals surface area contributed by atoms with E-state index in [1.807, 2.05) is 25.1 Å². The first-order valence-corrected chi connectivity index (χ1v) is 4.27. The second kappa shape index (κ2) is 5.56. The van der Waals surface area contributed by atoms with Gasteiger partial charge in [-0.05, 0) is 24.6 Å². The van der Waals surface area contributed by atoms with Crippen LogP contribution in [0.5, 0.6) is 5.75 Å². The van der Waals surface area contributed by atoms with Crippen LogP contribution in [0.15, 0.2) is 24.3 Å². The van der Waals surface area contributed by atoms with Gasteiger partial charge in [0.1, 0.15) is 5.75 Å². The fourth-order valence-electron chi connectivity index (χ4n) is 0.927. The standard InChI is InChI=1S/C10H14O3/c1-2-12-8-13-10-5-3-4-9(6-10)7-11/h3-6,11H,2,7-8H2,1H3. The van der Waals surface area contributed by atoms with E-state index in [-0.39, 0.29) is 13.4 Å². The molecular formula is C10H14O3. The Morgan fingerprint density at radius 1 is 1.38 bits per heavy atom. The molecule has 0 unspecified atom stereocenters. The van der Waals surface area contributed by atoms with Crippen LogP contribution in [-0.4, -0.2) is 18.5 Å². The molecule has 0 spiro atoms. The number of hydrogen-bond acceptors (Lipinski definition) is 3. The van der Waals surface area contributed by atoms with Gasteiger partial charge in [0.15, 0.2) is 6.79 Å². The van der Waals surface area contributed by atoms with E-state index in [1.165, 1.54) is 0 Å². The van der Waals surface area contributed by atoms with Crippen molar-refractivity contribution < 1.29 is 14.6 Å². The molecule has 0 bridgehead atoms. The number of rotatable bonds is 5. The van der Waals surface area contributed by atoms with Crippen LogP contribution in [0.4, 0.5) is 0 Å². The molecule has 0 saturated heterocycles. The topological polar surface area (TPSA) is 38.7 Å². The number of ether oxygens (including phenoxy) is 2. The lowest BCUT2D eigenvalue weighted by Crippen LogP contribution is -2.02. The third-order valence-corrected chi connectivity index (χ3v) is 1.59. The summed E-state index contributed by atoms with van der Waals surface area (Å²) < 4.78 is 10.3. The fourth-order valence-corrected chi connectivity index (χ4v) is 0.927. The van der Waals surface area contributed by atoms with Gasteiger partial charge >= 0.3 is 0 Å². The predicted octanol–water partition coefficient (Wildman–Crippen LogP) is 1.55. The predicted molar refractivity (Wildman–Crippen MR) is 49.5 cm³/mol. The minimum Gasteiger partial charge on any atom is -0.468 e. The molecule has 1 rings (SSSR count). The molecule has 1 N–H and O–H groups in total. The maximum Gasteiger partial charge on any atom is 0.189 e. The van der Waals surface area contributed by atoms with Gasteiger partial charge in [0, 0.05) is 6.61 Å². The smallest absolute Gasteiger partial charge is 0.189 e. The highest BCUT2D eigenvalue weighted by atomic mass is 16.7. The molecule has 72 valence electrons. The van der Waals surface area contributed by atoms with Gasteiger partial charge in [-0.25, -0.2) is 0 Å². The number of aliphatic hydroxyl groups is 1. The van der Waals surface area contributed by atoms with E-state index in [4.69, 9.17) is 14.6 Å². The summed E-state index contributed by atoms with van der Waals surface area (Å²) in [6.07, 6.45) is 0. The summed E-state index contributed by atoms with van der Waals surface area (Å²) >= 11 is 0. The summed E-state index contributed by atoms with van der Waals surface area (Å²) in [7, 11) is 0. The van der Waals surface area contributed by atoms with Gasteiger partial charge < -0.3 is 14.6 Å². The first-order chi connectivity index (χ1) is 6.36. The molecule has 0 aliphatic rings. The lowest BCUT2D eigenvalue weighted by molar-refractivity contribution is 0.0223. The summed E-state index contributed by atoms with van der Waals surface area (Å²) in [5.41, 5.74) is 0.842. The molecule has 0 radical (unpaired) electrons. The third-order valence-electron chi connectivity index (χ3n) is 1.59. The minimum atomic E-state index is 0.0336. The van der Waals surface area contributed by atoms with Gasteiger partial charge in [-0.3, -0.25) is 0 Å². The van der Waals surface area contributed by atoms with Crippen molar-refractivity contribution in [1.29, 1.82) is 0 Å². The van der Waals surface area contributed by atoms with Gasteiger partial charge in [0.2, 0.25) is 0 Å². The van der Waals surface area contributed by atoms with Gasteiger partial charge in [-0.1, -0.05) is 12.1 Å². The van der Waals surface area contributed by atoms with Gasteiger partial charge in [-0.2, -0.15) is 0 Å². The fraction of sp³-hybridized carbons (Fsp3) is 0.400. The SMILES string of the molecule is CCOCOc1cccc(CO)c1. The first-order valence-electron chi connectivity index (χ1n) is 4.27. The molecular weight excluding hydrogens is 168 g/mol. The second-order valence-corrected chi connectivity index (χ2v) is 2.56. The zero-order valence-electron chi connectivity index (χ0n) is 7.69. The van der Waals surface area contributed by atoms with Crippen LogP contribution in [0.25, 0.3) is 0 Å². The van der Waals surface area contributed by atoms with Crippen LogP contribution >= 0.6 is 0 Å². The van der Waals surface area contributed by atoms with Crippen molar-refractivity contribution in [2.24, 2.45) is 0 Å². The Hall–Kier alpha value is -1.06. The lowest BCUT2D eigenvalue weighted by atomic mass is 10.2. The van der Waals surface area contributed by atoms with Crippen LogP contribution in [0.2, 0.25) is 0 Å². The van der Waals surface area contributed by atoms with E-state index >= 15 is 0 Å². The van der Waals surface area contributed by atoms with Crippen molar-refractivity contribution in [2.75, 3.05) is 13.4 Å². The molecule has 3 heteroatoms. The first kappa shape index (κ1) is 10.0. The molecule has 0 aliphatic heterocycles. The van der Waals surface area contributed by atoms with E-state index in [1.54, 1.807) is 6.07 Å². The van der Waals surface area contributed by atoms with Crippen molar-refractivity contribution in [2.45, 2.75) is 13.5 Å². The van der Waals surface area contributed by atoms with Crippen molar-refractivity contribution >= 4 is 0 Å². The van der Waals surface area contributed by atoms with Crippen molar-refractivity contribution in [3.8, 4) is 5.75 Å². The number of aliphatic hydroxyl groups excluding tert-OH is 1. The monoisotopic (exact) mass is 182 g/mol. The highest BCUT2D eigenvalue weighted by Gasteiger charge is 1.94. The molecule has 1 aromatic carbocycles. The van der Waals surface area contributed by atoms with Crippen molar-refractivity contribution in [3.63, 3.8) is 0 Å². The van der Waals surface area contributed by atoms with Crippen molar-refractivity contribution in [3.05, 3.63) is 29.8 Å². The van der Waals surface area contributed by atoms with E-state index < -0.39 is 0 Å². The van der Waals surface area contributed by atoms with E-state index in [2.05, 4.69) is 0 Å². The van der Waals surface area contributed by atoms with Crippen LogP contribution in [0, 0.1) is 0 Å². The van der Waals surface area contributed by atoms with Crippen LogP contribution in [0.1, 0.15) is 12.5 Å². The van der Waals surface area contributed by atoms with Crippen LogP contribution in [0.3, 0.4) is 0 Å². The lowest BCUT2D eigenvalue weighted by Gasteiger charge is -2.06. The Morgan fingerprint density at radius 2 is 2.23 bits per heavy atom. The van der Waals surface area contributed by atoms with E-state index in [0.717, 1.165) is 11.3 Å². The second-order valence-electron chi connectivity index (χ2n) is 2.56. The highest BCUT2D eigenvalue weighted by molar-refractivity contribution is 5.27. The molecule has 1 aromatic rings.